The summed E-state index contributed by atoms with van der Waals surface area (Å²) in [5.41, 5.74) is 0.200. The first-order valence-corrected chi connectivity index (χ1v) is 9.00. The fourth-order valence-electron chi connectivity index (χ4n) is 2.22. The van der Waals surface area contributed by atoms with Gasteiger partial charge >= 0.3 is 0 Å². The lowest BCUT2D eigenvalue weighted by atomic mass is 10.1. The third kappa shape index (κ3) is 4.25. The van der Waals surface area contributed by atoms with E-state index in [-0.39, 0.29) is 28.4 Å². The average molecular weight is 375 g/mol. The zero-order valence-corrected chi connectivity index (χ0v) is 14.7. The van der Waals surface area contributed by atoms with Gasteiger partial charge in [0.2, 0.25) is 0 Å². The molecule has 26 heavy (non-hydrogen) atoms. The van der Waals surface area contributed by atoms with Crippen molar-refractivity contribution in [3.63, 3.8) is 0 Å². The highest BCUT2D eigenvalue weighted by Gasteiger charge is 2.22. The molecule has 2 N–H and O–H groups in total. The molecule has 0 aliphatic carbocycles. The van der Waals surface area contributed by atoms with Crippen molar-refractivity contribution in [2.75, 3.05) is 11.3 Å². The quantitative estimate of drug-likeness (QED) is 0.438. The molecule has 2 rings (SSSR count). The number of carbonyl (C=O) groups excluding carboxylic acids is 1. The molecule has 0 aliphatic rings. The number of hydrogen-bond acceptors (Lipinski definition) is 5. The van der Waals surface area contributed by atoms with Gasteiger partial charge in [0.25, 0.3) is 21.6 Å². The molecule has 0 saturated carbocycles. The summed E-state index contributed by atoms with van der Waals surface area (Å²) in [7, 11) is -4.13. The number of sulfonamides is 1. The summed E-state index contributed by atoms with van der Waals surface area (Å²) in [5.74, 6) is -0.473. The Labute approximate surface area is 150 Å². The molecule has 1 amide bonds. The van der Waals surface area contributed by atoms with Gasteiger partial charge in [-0.25, -0.2) is 8.42 Å². The Morgan fingerprint density at radius 2 is 1.96 bits per heavy atom. The van der Waals surface area contributed by atoms with Gasteiger partial charge in [0, 0.05) is 18.7 Å². The molecule has 0 radical (unpaired) electrons. The van der Waals surface area contributed by atoms with E-state index in [0.717, 1.165) is 6.07 Å². The third-order valence-corrected chi connectivity index (χ3v) is 5.00. The van der Waals surface area contributed by atoms with Crippen molar-refractivity contribution >= 4 is 27.3 Å². The standard InChI is InChI=1S/C17H17N3O5S/c1-3-10-18-17(21)14-6-4-5-7-15(14)19-26(24,25)16-11-13(20(22)23)9-8-12(16)2/h3-9,11,19H,1,10H2,2H3,(H,18,21). The fourth-order valence-corrected chi connectivity index (χ4v) is 3.57. The number of para-hydroxylation sites is 1. The number of nitro groups is 1. The van der Waals surface area contributed by atoms with Crippen LogP contribution in [-0.4, -0.2) is 25.8 Å². The van der Waals surface area contributed by atoms with Crippen LogP contribution in [0.5, 0.6) is 0 Å². The van der Waals surface area contributed by atoms with Crippen LogP contribution < -0.4 is 10.0 Å². The van der Waals surface area contributed by atoms with Crippen LogP contribution in [0.3, 0.4) is 0 Å². The summed E-state index contributed by atoms with van der Waals surface area (Å²) < 4.78 is 27.7. The molecule has 9 heteroatoms. The second kappa shape index (κ2) is 7.79. The number of non-ortho nitro benzene ring substituents is 1. The number of benzene rings is 2. The van der Waals surface area contributed by atoms with E-state index in [0.29, 0.717) is 5.56 Å². The van der Waals surface area contributed by atoms with Crippen molar-refractivity contribution in [1.29, 1.82) is 0 Å². The molecule has 2 aromatic carbocycles. The molecule has 8 nitrogen and oxygen atoms in total. The summed E-state index contributed by atoms with van der Waals surface area (Å²) in [6, 6.07) is 9.64. The number of hydrogen-bond donors (Lipinski definition) is 2. The predicted molar refractivity (Wildman–Crippen MR) is 97.6 cm³/mol. The van der Waals surface area contributed by atoms with E-state index >= 15 is 0 Å². The molecular formula is C17H17N3O5S. The summed E-state index contributed by atoms with van der Waals surface area (Å²) in [4.78, 5) is 22.2. The number of carbonyl (C=O) groups is 1. The zero-order chi connectivity index (χ0) is 19.3. The first-order valence-electron chi connectivity index (χ1n) is 7.52. The Balaban J connectivity index is 2.42. The van der Waals surface area contributed by atoms with Crippen LogP contribution in [0.4, 0.5) is 11.4 Å². The average Bonchev–Trinajstić information content (AvgIpc) is 2.59. The van der Waals surface area contributed by atoms with Crippen LogP contribution in [-0.2, 0) is 10.0 Å². The smallest absolute Gasteiger partial charge is 0.270 e. The van der Waals surface area contributed by atoms with Gasteiger partial charge in [-0.15, -0.1) is 6.58 Å². The van der Waals surface area contributed by atoms with Crippen molar-refractivity contribution in [3.8, 4) is 0 Å². The molecule has 0 aromatic heterocycles. The van der Waals surface area contributed by atoms with Gasteiger partial charge < -0.3 is 5.32 Å². The van der Waals surface area contributed by atoms with Crippen molar-refractivity contribution in [2.24, 2.45) is 0 Å². The number of amides is 1. The first-order chi connectivity index (χ1) is 12.3. The lowest BCUT2D eigenvalue weighted by Gasteiger charge is -2.13. The van der Waals surface area contributed by atoms with E-state index in [9.17, 15) is 23.3 Å². The molecule has 0 unspecified atom stereocenters. The van der Waals surface area contributed by atoms with Gasteiger partial charge in [0.15, 0.2) is 0 Å². The lowest BCUT2D eigenvalue weighted by Crippen LogP contribution is -2.25. The fraction of sp³-hybridized carbons (Fsp3) is 0.118. The summed E-state index contributed by atoms with van der Waals surface area (Å²) in [6.45, 7) is 5.25. The number of nitrogens with zero attached hydrogens (tertiary/aromatic N) is 1. The highest BCUT2D eigenvalue weighted by Crippen LogP contribution is 2.25. The molecule has 0 spiro atoms. The van der Waals surface area contributed by atoms with Gasteiger partial charge in [0.05, 0.1) is 21.1 Å². The third-order valence-electron chi connectivity index (χ3n) is 3.50. The van der Waals surface area contributed by atoms with Crippen molar-refractivity contribution in [3.05, 3.63) is 76.4 Å². The van der Waals surface area contributed by atoms with Crippen LogP contribution in [0, 0.1) is 17.0 Å². The van der Waals surface area contributed by atoms with Crippen molar-refractivity contribution in [2.45, 2.75) is 11.8 Å². The topological polar surface area (TPSA) is 118 Å². The van der Waals surface area contributed by atoms with E-state index in [1.54, 1.807) is 12.1 Å². The summed E-state index contributed by atoms with van der Waals surface area (Å²) in [6.07, 6.45) is 1.50. The maximum absolute atomic E-state index is 12.7. The largest absolute Gasteiger partial charge is 0.349 e. The normalized spacial score (nSPS) is 10.8. The van der Waals surface area contributed by atoms with Crippen LogP contribution in [0.25, 0.3) is 0 Å². The Morgan fingerprint density at radius 3 is 2.62 bits per heavy atom. The molecular weight excluding hydrogens is 358 g/mol. The molecule has 0 atom stereocenters. The minimum Gasteiger partial charge on any atom is -0.349 e. The molecule has 0 bridgehead atoms. The predicted octanol–water partition coefficient (Wildman–Crippen LogP) is 2.62. The Kier molecular flexibility index (Phi) is 5.73. The molecule has 0 heterocycles. The maximum atomic E-state index is 12.7. The molecule has 0 saturated heterocycles. The SMILES string of the molecule is C=CCNC(=O)c1ccccc1NS(=O)(=O)c1cc([N+](=O)[O-])ccc1C. The second-order valence-corrected chi connectivity index (χ2v) is 7.01. The second-order valence-electron chi connectivity index (χ2n) is 5.36. The zero-order valence-electron chi connectivity index (χ0n) is 13.9. The van der Waals surface area contributed by atoms with Crippen LogP contribution in [0.1, 0.15) is 15.9 Å². The van der Waals surface area contributed by atoms with Crippen molar-refractivity contribution in [1.82, 2.24) is 5.32 Å². The number of rotatable bonds is 7. The minimum atomic E-state index is -4.13. The van der Waals surface area contributed by atoms with Gasteiger partial charge in [0.1, 0.15) is 0 Å². The monoisotopic (exact) mass is 375 g/mol. The Bertz CT molecular complexity index is 970. The van der Waals surface area contributed by atoms with E-state index < -0.39 is 20.9 Å². The van der Waals surface area contributed by atoms with Crippen LogP contribution in [0.2, 0.25) is 0 Å². The summed E-state index contributed by atoms with van der Waals surface area (Å²) >= 11 is 0. The van der Waals surface area contributed by atoms with E-state index in [2.05, 4.69) is 16.6 Å². The van der Waals surface area contributed by atoms with E-state index in [4.69, 9.17) is 0 Å². The molecule has 2 aromatic rings. The number of aryl methyl sites for hydroxylation is 1. The van der Waals surface area contributed by atoms with Crippen LogP contribution in [0.15, 0.2) is 60.0 Å². The Morgan fingerprint density at radius 1 is 1.27 bits per heavy atom. The van der Waals surface area contributed by atoms with Gasteiger partial charge in [-0.05, 0) is 24.6 Å². The van der Waals surface area contributed by atoms with Gasteiger partial charge in [-0.2, -0.15) is 0 Å². The number of anilines is 1. The molecule has 0 aliphatic heterocycles. The Hall–Kier alpha value is -3.20. The lowest BCUT2D eigenvalue weighted by molar-refractivity contribution is -0.385. The van der Waals surface area contributed by atoms with E-state index in [1.165, 1.54) is 37.3 Å². The summed E-state index contributed by atoms with van der Waals surface area (Å²) in [5, 5.41) is 13.5. The van der Waals surface area contributed by atoms with Crippen LogP contribution >= 0.6 is 0 Å². The molecule has 136 valence electrons. The van der Waals surface area contributed by atoms with Gasteiger partial charge in [-0.3, -0.25) is 19.6 Å². The number of nitro benzene ring substituents is 1. The first kappa shape index (κ1) is 19.1. The van der Waals surface area contributed by atoms with Gasteiger partial charge in [-0.1, -0.05) is 24.3 Å². The highest BCUT2D eigenvalue weighted by molar-refractivity contribution is 7.92. The number of nitrogens with one attached hydrogen (secondary N) is 2. The maximum Gasteiger partial charge on any atom is 0.270 e. The van der Waals surface area contributed by atoms with Crippen molar-refractivity contribution < 1.29 is 18.1 Å². The molecule has 0 fully saturated rings. The van der Waals surface area contributed by atoms with E-state index in [1.807, 2.05) is 0 Å². The minimum absolute atomic E-state index is 0.0694. The highest BCUT2D eigenvalue weighted by atomic mass is 32.2.